The van der Waals surface area contributed by atoms with Gasteiger partial charge in [0, 0.05) is 23.0 Å². The van der Waals surface area contributed by atoms with Crippen molar-refractivity contribution in [3.05, 3.63) is 30.1 Å². The summed E-state index contributed by atoms with van der Waals surface area (Å²) in [5, 5.41) is 4.05. The van der Waals surface area contributed by atoms with Crippen molar-refractivity contribution in [1.29, 1.82) is 0 Å². The van der Waals surface area contributed by atoms with Gasteiger partial charge in [0.05, 0.1) is 6.61 Å². The molecule has 94 valence electrons. The first-order chi connectivity index (χ1) is 8.86. The highest BCUT2D eigenvalue weighted by Crippen LogP contribution is 2.26. The summed E-state index contributed by atoms with van der Waals surface area (Å²) in [6, 6.07) is 8.13. The van der Waals surface area contributed by atoms with E-state index in [2.05, 4.69) is 28.5 Å². The Hall–Kier alpha value is -1.33. The molecular weight excluding hydrogens is 248 g/mol. The van der Waals surface area contributed by atoms with Crippen LogP contribution >= 0.6 is 11.8 Å². The van der Waals surface area contributed by atoms with E-state index in [1.807, 2.05) is 12.1 Å². The smallest absolute Gasteiger partial charge is 0.257 e. The van der Waals surface area contributed by atoms with E-state index in [0.29, 0.717) is 12.5 Å². The second-order valence-electron chi connectivity index (χ2n) is 4.25. The quantitative estimate of drug-likeness (QED) is 0.796. The summed E-state index contributed by atoms with van der Waals surface area (Å²) in [6.45, 7) is 1.49. The molecule has 4 nitrogen and oxygen atoms in total. The van der Waals surface area contributed by atoms with E-state index in [1.165, 1.54) is 4.90 Å². The molecule has 0 amide bonds. The lowest BCUT2D eigenvalue weighted by Crippen LogP contribution is -1.99. The van der Waals surface area contributed by atoms with E-state index < -0.39 is 0 Å². The van der Waals surface area contributed by atoms with Crippen LogP contribution in [0.1, 0.15) is 18.2 Å². The molecule has 5 heteroatoms. The summed E-state index contributed by atoms with van der Waals surface area (Å²) < 4.78 is 10.6. The predicted molar refractivity (Wildman–Crippen MR) is 69.7 cm³/mol. The number of aromatic nitrogens is 2. The Morgan fingerprint density at radius 2 is 2.11 bits per heavy atom. The van der Waals surface area contributed by atoms with Gasteiger partial charge in [0.1, 0.15) is 0 Å². The molecule has 0 saturated carbocycles. The number of ether oxygens (including phenoxy) is 1. The van der Waals surface area contributed by atoms with Crippen LogP contribution in [0.3, 0.4) is 0 Å². The minimum Gasteiger partial charge on any atom is -0.381 e. The van der Waals surface area contributed by atoms with Gasteiger partial charge >= 0.3 is 0 Å². The lowest BCUT2D eigenvalue weighted by molar-refractivity contribution is 0.192. The van der Waals surface area contributed by atoms with Gasteiger partial charge in [-0.3, -0.25) is 0 Å². The van der Waals surface area contributed by atoms with E-state index >= 15 is 0 Å². The van der Waals surface area contributed by atoms with Crippen LogP contribution in [0.25, 0.3) is 11.5 Å². The fourth-order valence-electron chi connectivity index (χ4n) is 1.99. The molecule has 1 aromatic carbocycles. The molecule has 1 saturated heterocycles. The molecule has 1 aliphatic heterocycles. The average molecular weight is 262 g/mol. The zero-order valence-corrected chi connectivity index (χ0v) is 10.9. The summed E-state index contributed by atoms with van der Waals surface area (Å²) in [6.07, 6.45) is 3.03. The van der Waals surface area contributed by atoms with Crippen molar-refractivity contribution in [2.75, 3.05) is 19.5 Å². The number of rotatable bonds is 3. The van der Waals surface area contributed by atoms with Crippen molar-refractivity contribution < 1.29 is 9.26 Å². The van der Waals surface area contributed by atoms with Crippen LogP contribution in [-0.4, -0.2) is 29.6 Å². The molecular formula is C13H14N2O2S. The first kappa shape index (κ1) is 11.7. The third-order valence-electron chi connectivity index (χ3n) is 3.07. The van der Waals surface area contributed by atoms with Crippen LogP contribution in [-0.2, 0) is 4.74 Å². The second kappa shape index (κ2) is 5.12. The minimum atomic E-state index is 0.285. The molecule has 18 heavy (non-hydrogen) atoms. The maximum atomic E-state index is 5.33. The minimum absolute atomic E-state index is 0.285. The summed E-state index contributed by atoms with van der Waals surface area (Å²) in [5.74, 6) is 1.63. The SMILES string of the molecule is CSc1ccc(-c2nc([C@@H]3CCOC3)no2)cc1. The van der Waals surface area contributed by atoms with Crippen LogP contribution < -0.4 is 0 Å². The van der Waals surface area contributed by atoms with Gasteiger partial charge in [-0.1, -0.05) is 5.16 Å². The van der Waals surface area contributed by atoms with Crippen molar-refractivity contribution in [2.45, 2.75) is 17.2 Å². The number of benzene rings is 1. The van der Waals surface area contributed by atoms with E-state index in [-0.39, 0.29) is 5.92 Å². The normalized spacial score (nSPS) is 19.3. The monoisotopic (exact) mass is 262 g/mol. The first-order valence-corrected chi connectivity index (χ1v) is 7.15. The van der Waals surface area contributed by atoms with Crippen LogP contribution in [0.15, 0.2) is 33.7 Å². The van der Waals surface area contributed by atoms with Gasteiger partial charge in [-0.25, -0.2) is 0 Å². The third-order valence-corrected chi connectivity index (χ3v) is 3.82. The highest BCUT2D eigenvalue weighted by Gasteiger charge is 2.23. The molecule has 1 aliphatic rings. The van der Waals surface area contributed by atoms with Gasteiger partial charge in [-0.05, 0) is 36.9 Å². The first-order valence-electron chi connectivity index (χ1n) is 5.92. The van der Waals surface area contributed by atoms with Crippen molar-refractivity contribution >= 4 is 11.8 Å². The molecule has 2 heterocycles. The predicted octanol–water partition coefficient (Wildman–Crippen LogP) is 2.96. The highest BCUT2D eigenvalue weighted by atomic mass is 32.2. The van der Waals surface area contributed by atoms with Crippen molar-refractivity contribution in [3.63, 3.8) is 0 Å². The van der Waals surface area contributed by atoms with Crippen LogP contribution in [0.5, 0.6) is 0 Å². The van der Waals surface area contributed by atoms with Crippen LogP contribution in [0, 0.1) is 0 Å². The highest BCUT2D eigenvalue weighted by molar-refractivity contribution is 7.98. The zero-order valence-electron chi connectivity index (χ0n) is 10.1. The van der Waals surface area contributed by atoms with E-state index in [4.69, 9.17) is 9.26 Å². The largest absolute Gasteiger partial charge is 0.381 e. The van der Waals surface area contributed by atoms with Crippen LogP contribution in [0.4, 0.5) is 0 Å². The second-order valence-corrected chi connectivity index (χ2v) is 5.13. The summed E-state index contributed by atoms with van der Waals surface area (Å²) >= 11 is 1.72. The van der Waals surface area contributed by atoms with Gasteiger partial charge in [-0.15, -0.1) is 11.8 Å². The molecule has 0 radical (unpaired) electrons. The maximum absolute atomic E-state index is 5.33. The maximum Gasteiger partial charge on any atom is 0.257 e. The van der Waals surface area contributed by atoms with Gasteiger partial charge in [-0.2, -0.15) is 4.98 Å². The summed E-state index contributed by atoms with van der Waals surface area (Å²) in [4.78, 5) is 5.68. The lowest BCUT2D eigenvalue weighted by atomic mass is 10.1. The molecule has 0 unspecified atom stereocenters. The van der Waals surface area contributed by atoms with Crippen molar-refractivity contribution in [3.8, 4) is 11.5 Å². The van der Waals surface area contributed by atoms with E-state index in [9.17, 15) is 0 Å². The molecule has 2 aromatic rings. The van der Waals surface area contributed by atoms with Gasteiger partial charge in [0.15, 0.2) is 5.82 Å². The fraction of sp³-hybridized carbons (Fsp3) is 0.385. The Morgan fingerprint density at radius 1 is 1.28 bits per heavy atom. The van der Waals surface area contributed by atoms with Crippen LogP contribution in [0.2, 0.25) is 0 Å². The number of nitrogens with zero attached hydrogens (tertiary/aromatic N) is 2. The molecule has 1 atom stereocenters. The van der Waals surface area contributed by atoms with Crippen molar-refractivity contribution in [2.24, 2.45) is 0 Å². The van der Waals surface area contributed by atoms with E-state index in [0.717, 1.165) is 24.4 Å². The standard InChI is InChI=1S/C13H14N2O2S/c1-18-11-4-2-9(3-5-11)13-14-12(15-17-13)10-6-7-16-8-10/h2-5,10H,6-8H2,1H3/t10-/m1/s1. The Labute approximate surface area is 110 Å². The number of thioether (sulfide) groups is 1. The fourth-order valence-corrected chi connectivity index (χ4v) is 2.40. The Kier molecular flexibility index (Phi) is 3.34. The summed E-state index contributed by atoms with van der Waals surface area (Å²) in [7, 11) is 0. The topological polar surface area (TPSA) is 48.2 Å². The molecule has 0 N–H and O–H groups in total. The molecule has 1 aromatic heterocycles. The average Bonchev–Trinajstić information content (AvgIpc) is 3.09. The molecule has 0 bridgehead atoms. The number of hydrogen-bond donors (Lipinski definition) is 0. The van der Waals surface area contributed by atoms with E-state index in [1.54, 1.807) is 11.8 Å². The van der Waals surface area contributed by atoms with Gasteiger partial charge in [0.25, 0.3) is 5.89 Å². The van der Waals surface area contributed by atoms with Crippen molar-refractivity contribution in [1.82, 2.24) is 10.1 Å². The third kappa shape index (κ3) is 2.28. The molecule has 3 rings (SSSR count). The summed E-state index contributed by atoms with van der Waals surface area (Å²) in [5.41, 5.74) is 0.963. The molecule has 0 spiro atoms. The van der Waals surface area contributed by atoms with Gasteiger partial charge < -0.3 is 9.26 Å². The van der Waals surface area contributed by atoms with Gasteiger partial charge in [0.2, 0.25) is 0 Å². The Morgan fingerprint density at radius 3 is 2.78 bits per heavy atom. The zero-order chi connectivity index (χ0) is 12.4. The molecule has 1 fully saturated rings. The Balaban J connectivity index is 1.82. The number of hydrogen-bond acceptors (Lipinski definition) is 5. The lowest BCUT2D eigenvalue weighted by Gasteiger charge is -1.98. The Bertz CT molecular complexity index is 518. The molecule has 0 aliphatic carbocycles.